The Morgan fingerprint density at radius 2 is 1.69 bits per heavy atom. The molecular formula is C8H12F3NO. The van der Waals surface area contributed by atoms with Gasteiger partial charge in [0.2, 0.25) is 0 Å². The van der Waals surface area contributed by atoms with E-state index < -0.39 is 12.1 Å². The smallest absolute Gasteiger partial charge is 0.345 e. The van der Waals surface area contributed by atoms with Crippen molar-refractivity contribution in [2.24, 2.45) is 0 Å². The third kappa shape index (κ3) is 4.55. The van der Waals surface area contributed by atoms with Crippen molar-refractivity contribution in [2.75, 3.05) is 6.54 Å². The molecule has 0 aromatic heterocycles. The zero-order valence-corrected chi connectivity index (χ0v) is 7.75. The van der Waals surface area contributed by atoms with Crippen molar-refractivity contribution in [1.29, 1.82) is 0 Å². The number of carbonyl (C=O) groups is 1. The van der Waals surface area contributed by atoms with Gasteiger partial charge in [0.1, 0.15) is 0 Å². The predicted octanol–water partition coefficient (Wildman–Crippen LogP) is 2.02. The lowest BCUT2D eigenvalue weighted by atomic mass is 10.2. The summed E-state index contributed by atoms with van der Waals surface area (Å²) < 4.78 is 35.0. The summed E-state index contributed by atoms with van der Waals surface area (Å²) in [5, 5.41) is 1.78. The molecule has 1 amide bonds. The highest BCUT2D eigenvalue weighted by Crippen LogP contribution is 2.14. The van der Waals surface area contributed by atoms with Gasteiger partial charge in [0, 0.05) is 6.54 Å². The standard InChI is InChI=1S/C8H12F3NO/c1-5(2)6(3)4-12-7(13)8(9,10)11/h4H2,1-3H3,(H,12,13). The summed E-state index contributed by atoms with van der Waals surface area (Å²) >= 11 is 0. The Hall–Kier alpha value is -1.00. The van der Waals surface area contributed by atoms with E-state index in [1.54, 1.807) is 26.1 Å². The summed E-state index contributed by atoms with van der Waals surface area (Å²) in [6.07, 6.45) is -4.79. The normalized spacial score (nSPS) is 10.9. The number of halogens is 3. The van der Waals surface area contributed by atoms with Crippen LogP contribution in [0.15, 0.2) is 11.1 Å². The molecule has 13 heavy (non-hydrogen) atoms. The Kier molecular flexibility index (Phi) is 3.97. The van der Waals surface area contributed by atoms with Crippen molar-refractivity contribution in [3.05, 3.63) is 11.1 Å². The molecule has 0 aliphatic carbocycles. The molecule has 0 saturated heterocycles. The number of nitrogens with one attached hydrogen (secondary N) is 1. The third-order valence-electron chi connectivity index (χ3n) is 1.63. The fourth-order valence-electron chi connectivity index (χ4n) is 0.490. The van der Waals surface area contributed by atoms with Gasteiger partial charge in [-0.3, -0.25) is 4.79 Å². The van der Waals surface area contributed by atoms with E-state index in [0.717, 1.165) is 11.1 Å². The molecule has 0 fully saturated rings. The molecule has 0 bridgehead atoms. The van der Waals surface area contributed by atoms with Crippen LogP contribution in [0.5, 0.6) is 0 Å². The molecule has 0 saturated carbocycles. The van der Waals surface area contributed by atoms with Crippen molar-refractivity contribution >= 4 is 5.91 Å². The minimum Gasteiger partial charge on any atom is -0.345 e. The van der Waals surface area contributed by atoms with E-state index in [1.165, 1.54) is 0 Å². The monoisotopic (exact) mass is 195 g/mol. The van der Waals surface area contributed by atoms with Gasteiger partial charge in [-0.05, 0) is 20.8 Å². The lowest BCUT2D eigenvalue weighted by Gasteiger charge is -2.08. The quantitative estimate of drug-likeness (QED) is 0.671. The van der Waals surface area contributed by atoms with Crippen molar-refractivity contribution in [1.82, 2.24) is 5.32 Å². The topological polar surface area (TPSA) is 29.1 Å². The highest BCUT2D eigenvalue weighted by atomic mass is 19.4. The third-order valence-corrected chi connectivity index (χ3v) is 1.63. The average molecular weight is 195 g/mol. The minimum absolute atomic E-state index is 0.0549. The van der Waals surface area contributed by atoms with Gasteiger partial charge >= 0.3 is 12.1 Å². The van der Waals surface area contributed by atoms with Crippen LogP contribution in [0.1, 0.15) is 20.8 Å². The summed E-state index contributed by atoms with van der Waals surface area (Å²) in [7, 11) is 0. The molecule has 1 N–H and O–H groups in total. The van der Waals surface area contributed by atoms with Gasteiger partial charge in [-0.25, -0.2) is 0 Å². The van der Waals surface area contributed by atoms with Crippen molar-refractivity contribution < 1.29 is 18.0 Å². The van der Waals surface area contributed by atoms with Crippen LogP contribution in [-0.2, 0) is 4.79 Å². The number of allylic oxidation sites excluding steroid dienone is 1. The molecule has 2 nitrogen and oxygen atoms in total. The van der Waals surface area contributed by atoms with Crippen LogP contribution in [0.4, 0.5) is 13.2 Å². The number of hydrogen-bond donors (Lipinski definition) is 1. The van der Waals surface area contributed by atoms with E-state index >= 15 is 0 Å². The predicted molar refractivity (Wildman–Crippen MR) is 43.1 cm³/mol. The summed E-state index contributed by atoms with van der Waals surface area (Å²) in [5.74, 6) is -1.90. The molecule has 0 aromatic carbocycles. The van der Waals surface area contributed by atoms with E-state index in [9.17, 15) is 18.0 Å². The molecular weight excluding hydrogens is 183 g/mol. The molecule has 0 aliphatic rings. The molecule has 0 heterocycles. The summed E-state index contributed by atoms with van der Waals surface area (Å²) in [4.78, 5) is 10.3. The van der Waals surface area contributed by atoms with E-state index in [4.69, 9.17) is 0 Å². The van der Waals surface area contributed by atoms with Crippen LogP contribution in [0.2, 0.25) is 0 Å². The molecule has 0 rings (SSSR count). The van der Waals surface area contributed by atoms with Gasteiger partial charge in [0.25, 0.3) is 0 Å². The molecule has 0 aromatic rings. The van der Waals surface area contributed by atoms with Crippen LogP contribution in [0.3, 0.4) is 0 Å². The van der Waals surface area contributed by atoms with E-state index in [-0.39, 0.29) is 6.54 Å². The summed E-state index contributed by atoms with van der Waals surface area (Å²) in [6, 6.07) is 0. The van der Waals surface area contributed by atoms with E-state index in [1.807, 2.05) is 0 Å². The second-order valence-electron chi connectivity index (χ2n) is 2.96. The van der Waals surface area contributed by atoms with Crippen LogP contribution < -0.4 is 5.32 Å². The second kappa shape index (κ2) is 4.30. The number of rotatable bonds is 2. The first-order chi connectivity index (χ1) is 5.75. The fraction of sp³-hybridized carbons (Fsp3) is 0.625. The SMILES string of the molecule is CC(C)=C(C)CNC(=O)C(F)(F)F. The first-order valence-electron chi connectivity index (χ1n) is 3.73. The van der Waals surface area contributed by atoms with Crippen LogP contribution in [0, 0.1) is 0 Å². The zero-order chi connectivity index (χ0) is 10.6. The maximum atomic E-state index is 11.7. The molecule has 0 radical (unpaired) electrons. The van der Waals surface area contributed by atoms with E-state index in [2.05, 4.69) is 0 Å². The van der Waals surface area contributed by atoms with Gasteiger partial charge in [0.15, 0.2) is 0 Å². The number of amides is 1. The number of hydrogen-bond acceptors (Lipinski definition) is 1. The zero-order valence-electron chi connectivity index (χ0n) is 7.75. The Labute approximate surface area is 74.8 Å². The molecule has 0 spiro atoms. The Bertz CT molecular complexity index is 226. The fourth-order valence-corrected chi connectivity index (χ4v) is 0.490. The Balaban J connectivity index is 4.07. The Morgan fingerprint density at radius 1 is 1.23 bits per heavy atom. The van der Waals surface area contributed by atoms with E-state index in [0.29, 0.717) is 0 Å². The summed E-state index contributed by atoms with van der Waals surface area (Å²) in [5.41, 5.74) is 1.64. The highest BCUT2D eigenvalue weighted by Gasteiger charge is 2.38. The van der Waals surface area contributed by atoms with Crippen molar-refractivity contribution in [3.8, 4) is 0 Å². The van der Waals surface area contributed by atoms with Gasteiger partial charge in [-0.15, -0.1) is 0 Å². The van der Waals surface area contributed by atoms with Crippen LogP contribution in [-0.4, -0.2) is 18.6 Å². The van der Waals surface area contributed by atoms with Gasteiger partial charge in [-0.1, -0.05) is 11.1 Å². The largest absolute Gasteiger partial charge is 0.471 e. The maximum absolute atomic E-state index is 11.7. The highest BCUT2D eigenvalue weighted by molar-refractivity contribution is 5.81. The van der Waals surface area contributed by atoms with Gasteiger partial charge < -0.3 is 5.32 Å². The van der Waals surface area contributed by atoms with Crippen molar-refractivity contribution in [2.45, 2.75) is 26.9 Å². The minimum atomic E-state index is -4.79. The first kappa shape index (κ1) is 12.0. The molecule has 76 valence electrons. The van der Waals surface area contributed by atoms with Crippen LogP contribution in [0.25, 0.3) is 0 Å². The maximum Gasteiger partial charge on any atom is 0.471 e. The lowest BCUT2D eigenvalue weighted by molar-refractivity contribution is -0.173. The Morgan fingerprint density at radius 3 is 2.00 bits per heavy atom. The van der Waals surface area contributed by atoms with Crippen LogP contribution >= 0.6 is 0 Å². The second-order valence-corrected chi connectivity index (χ2v) is 2.96. The molecule has 0 unspecified atom stereocenters. The molecule has 0 aliphatic heterocycles. The number of alkyl halides is 3. The molecule has 5 heteroatoms. The summed E-state index contributed by atoms with van der Waals surface area (Å²) in [6.45, 7) is 5.16. The first-order valence-corrected chi connectivity index (χ1v) is 3.73. The lowest BCUT2D eigenvalue weighted by Crippen LogP contribution is -2.37. The van der Waals surface area contributed by atoms with Crippen molar-refractivity contribution in [3.63, 3.8) is 0 Å². The molecule has 0 atom stereocenters. The van der Waals surface area contributed by atoms with Gasteiger partial charge in [0.05, 0.1) is 0 Å². The number of carbonyl (C=O) groups excluding carboxylic acids is 1. The average Bonchev–Trinajstić information content (AvgIpc) is 1.97. The van der Waals surface area contributed by atoms with Gasteiger partial charge in [-0.2, -0.15) is 13.2 Å².